The number of hydrogen-bond donors (Lipinski definition) is 1. The van der Waals surface area contributed by atoms with Crippen molar-refractivity contribution in [3.05, 3.63) is 53.6 Å². The second kappa shape index (κ2) is 7.23. The van der Waals surface area contributed by atoms with Crippen molar-refractivity contribution < 1.29 is 13.2 Å². The summed E-state index contributed by atoms with van der Waals surface area (Å²) in [6.45, 7) is 5.67. The quantitative estimate of drug-likeness (QED) is 0.877. The van der Waals surface area contributed by atoms with Gasteiger partial charge in [-0.15, -0.1) is 0 Å². The van der Waals surface area contributed by atoms with Crippen molar-refractivity contribution in [1.82, 2.24) is 0 Å². The maximum atomic E-state index is 12.4. The Bertz CT molecular complexity index is 822. The normalized spacial score (nSPS) is 21.2. The predicted octanol–water partition coefficient (Wildman–Crippen LogP) is 3.75. The van der Waals surface area contributed by atoms with E-state index >= 15 is 0 Å². The number of sulfonamides is 1. The molecule has 3 rings (SSSR count). The van der Waals surface area contributed by atoms with Crippen molar-refractivity contribution in [2.45, 2.75) is 30.9 Å². The summed E-state index contributed by atoms with van der Waals surface area (Å²) in [5.41, 5.74) is 1.57. The van der Waals surface area contributed by atoms with Gasteiger partial charge in [0.05, 0.1) is 17.6 Å². The van der Waals surface area contributed by atoms with Crippen molar-refractivity contribution in [3.8, 4) is 0 Å². The van der Waals surface area contributed by atoms with Gasteiger partial charge in [-0.05, 0) is 62.4 Å². The number of nitrogens with zero attached hydrogens (tertiary/aromatic N) is 1. The molecule has 5 nitrogen and oxygen atoms in total. The molecule has 2 aromatic carbocycles. The number of anilines is 2. The van der Waals surface area contributed by atoms with E-state index in [0.29, 0.717) is 17.3 Å². The molecule has 0 bridgehead atoms. The molecule has 0 aliphatic carbocycles. The fourth-order valence-electron chi connectivity index (χ4n) is 2.81. The predicted molar refractivity (Wildman–Crippen MR) is 101 cm³/mol. The Hall–Kier alpha value is -1.76. The van der Waals surface area contributed by atoms with Gasteiger partial charge in [0.2, 0.25) is 0 Å². The second-order valence-electron chi connectivity index (χ2n) is 6.25. The smallest absolute Gasteiger partial charge is 0.261 e. The average Bonchev–Trinajstić information content (AvgIpc) is 2.58. The minimum Gasteiger partial charge on any atom is -0.375 e. The minimum absolute atomic E-state index is 0.177. The third-order valence-corrected chi connectivity index (χ3v) is 5.83. The zero-order chi connectivity index (χ0) is 18.0. The standard InChI is InChI=1S/C18H21ClN2O3S/c1-13-12-24-14(2)11-21(13)17-7-5-16(6-8-17)20-25(22,23)18-9-3-15(19)4-10-18/h3-10,13-14,20H,11-12H2,1-2H3. The van der Waals surface area contributed by atoms with Gasteiger partial charge in [-0.2, -0.15) is 0 Å². The highest BCUT2D eigenvalue weighted by Gasteiger charge is 2.23. The van der Waals surface area contributed by atoms with E-state index in [1.807, 2.05) is 19.1 Å². The van der Waals surface area contributed by atoms with Gasteiger partial charge >= 0.3 is 0 Å². The molecule has 0 amide bonds. The summed E-state index contributed by atoms with van der Waals surface area (Å²) >= 11 is 5.81. The summed E-state index contributed by atoms with van der Waals surface area (Å²) in [5, 5.41) is 0.497. The molecular weight excluding hydrogens is 360 g/mol. The number of halogens is 1. The molecule has 0 spiro atoms. The van der Waals surface area contributed by atoms with E-state index < -0.39 is 10.0 Å². The summed E-state index contributed by atoms with van der Waals surface area (Å²) in [5.74, 6) is 0. The number of morpholine rings is 1. The summed E-state index contributed by atoms with van der Waals surface area (Å²) in [6.07, 6.45) is 0.180. The van der Waals surface area contributed by atoms with E-state index in [4.69, 9.17) is 16.3 Å². The fourth-order valence-corrected chi connectivity index (χ4v) is 4.00. The minimum atomic E-state index is -3.63. The topological polar surface area (TPSA) is 58.6 Å². The van der Waals surface area contributed by atoms with Crippen molar-refractivity contribution in [2.24, 2.45) is 0 Å². The first-order valence-electron chi connectivity index (χ1n) is 8.12. The van der Waals surface area contributed by atoms with Crippen LogP contribution in [0.3, 0.4) is 0 Å². The average molecular weight is 381 g/mol. The van der Waals surface area contributed by atoms with Crippen LogP contribution in [-0.4, -0.2) is 33.7 Å². The van der Waals surface area contributed by atoms with E-state index in [1.165, 1.54) is 12.1 Å². The van der Waals surface area contributed by atoms with Gasteiger partial charge in [0.25, 0.3) is 10.0 Å². The fraction of sp³-hybridized carbons (Fsp3) is 0.333. The Morgan fingerprint density at radius 2 is 1.72 bits per heavy atom. The Morgan fingerprint density at radius 1 is 1.08 bits per heavy atom. The highest BCUT2D eigenvalue weighted by Crippen LogP contribution is 2.25. The molecule has 1 N–H and O–H groups in total. The number of rotatable bonds is 4. The van der Waals surface area contributed by atoms with Gasteiger partial charge in [-0.1, -0.05) is 11.6 Å². The molecule has 2 aromatic rings. The van der Waals surface area contributed by atoms with E-state index in [1.54, 1.807) is 24.3 Å². The van der Waals surface area contributed by atoms with Crippen LogP contribution < -0.4 is 9.62 Å². The summed E-state index contributed by atoms with van der Waals surface area (Å²) in [4.78, 5) is 2.45. The molecule has 25 heavy (non-hydrogen) atoms. The molecule has 1 saturated heterocycles. The molecule has 1 aliphatic heterocycles. The first-order valence-corrected chi connectivity index (χ1v) is 9.98. The van der Waals surface area contributed by atoms with Crippen molar-refractivity contribution in [2.75, 3.05) is 22.8 Å². The van der Waals surface area contributed by atoms with Crippen LogP contribution in [0.25, 0.3) is 0 Å². The maximum absolute atomic E-state index is 12.4. The highest BCUT2D eigenvalue weighted by atomic mass is 35.5. The third-order valence-electron chi connectivity index (χ3n) is 4.18. The lowest BCUT2D eigenvalue weighted by Gasteiger charge is -2.38. The number of nitrogens with one attached hydrogen (secondary N) is 1. The summed E-state index contributed by atoms with van der Waals surface area (Å²) < 4.78 is 33.1. The molecule has 2 atom stereocenters. The number of ether oxygens (including phenoxy) is 1. The lowest BCUT2D eigenvalue weighted by atomic mass is 10.1. The Morgan fingerprint density at radius 3 is 2.36 bits per heavy atom. The molecule has 7 heteroatoms. The molecule has 1 fully saturated rings. The van der Waals surface area contributed by atoms with Crippen LogP contribution in [0, 0.1) is 0 Å². The SMILES string of the molecule is CC1CN(c2ccc(NS(=O)(=O)c3ccc(Cl)cc3)cc2)C(C)CO1. The molecule has 2 unspecified atom stereocenters. The molecule has 0 radical (unpaired) electrons. The van der Waals surface area contributed by atoms with Crippen LogP contribution in [0.15, 0.2) is 53.4 Å². The van der Waals surface area contributed by atoms with Gasteiger partial charge < -0.3 is 9.64 Å². The second-order valence-corrected chi connectivity index (χ2v) is 8.37. The highest BCUT2D eigenvalue weighted by molar-refractivity contribution is 7.92. The monoisotopic (exact) mass is 380 g/mol. The van der Waals surface area contributed by atoms with Gasteiger partial charge in [0.15, 0.2) is 0 Å². The van der Waals surface area contributed by atoms with Crippen molar-refractivity contribution in [3.63, 3.8) is 0 Å². The van der Waals surface area contributed by atoms with Crippen LogP contribution in [0.2, 0.25) is 5.02 Å². The van der Waals surface area contributed by atoms with Crippen LogP contribution in [0.1, 0.15) is 13.8 Å². The molecule has 1 aliphatic rings. The largest absolute Gasteiger partial charge is 0.375 e. The first-order chi connectivity index (χ1) is 11.8. The van der Waals surface area contributed by atoms with Crippen LogP contribution in [-0.2, 0) is 14.8 Å². The van der Waals surface area contributed by atoms with Crippen LogP contribution in [0.5, 0.6) is 0 Å². The summed E-state index contributed by atoms with van der Waals surface area (Å²) in [7, 11) is -3.63. The van der Waals surface area contributed by atoms with Crippen molar-refractivity contribution >= 4 is 33.0 Å². The maximum Gasteiger partial charge on any atom is 0.261 e. The van der Waals surface area contributed by atoms with Crippen molar-refractivity contribution in [1.29, 1.82) is 0 Å². The molecule has 134 valence electrons. The van der Waals surface area contributed by atoms with Crippen LogP contribution in [0.4, 0.5) is 11.4 Å². The summed E-state index contributed by atoms with van der Waals surface area (Å²) in [6, 6.07) is 13.8. The molecule has 0 saturated carbocycles. The third kappa shape index (κ3) is 4.26. The Balaban J connectivity index is 1.75. The number of hydrogen-bond acceptors (Lipinski definition) is 4. The lowest BCUT2D eigenvalue weighted by Crippen LogP contribution is -2.47. The van der Waals surface area contributed by atoms with Gasteiger partial charge in [0, 0.05) is 29.0 Å². The molecular formula is C18H21ClN2O3S. The van der Waals surface area contributed by atoms with E-state index in [0.717, 1.165) is 12.2 Å². The van der Waals surface area contributed by atoms with E-state index in [9.17, 15) is 8.42 Å². The zero-order valence-electron chi connectivity index (χ0n) is 14.1. The van der Waals surface area contributed by atoms with E-state index in [-0.39, 0.29) is 17.0 Å². The van der Waals surface area contributed by atoms with Gasteiger partial charge in [-0.25, -0.2) is 8.42 Å². The number of benzene rings is 2. The van der Waals surface area contributed by atoms with Crippen LogP contribution >= 0.6 is 11.6 Å². The molecule has 0 aromatic heterocycles. The first kappa shape index (κ1) is 18.0. The van der Waals surface area contributed by atoms with E-state index in [2.05, 4.69) is 16.5 Å². The zero-order valence-corrected chi connectivity index (χ0v) is 15.7. The van der Waals surface area contributed by atoms with Gasteiger partial charge in [0.1, 0.15) is 0 Å². The Kier molecular flexibility index (Phi) is 5.22. The van der Waals surface area contributed by atoms with Gasteiger partial charge in [-0.3, -0.25) is 4.72 Å². The Labute approximate surface area is 153 Å². The lowest BCUT2D eigenvalue weighted by molar-refractivity contribution is 0.0344. The molecule has 1 heterocycles.